The summed E-state index contributed by atoms with van der Waals surface area (Å²) in [5, 5.41) is 4.06. The molecule has 0 aliphatic heterocycles. The highest BCUT2D eigenvalue weighted by Gasteiger charge is 2.29. The third kappa shape index (κ3) is 2.46. The zero-order valence-electron chi connectivity index (χ0n) is 11.8. The van der Waals surface area contributed by atoms with Crippen LogP contribution in [-0.2, 0) is 0 Å². The number of hydrogen-bond donors (Lipinski definition) is 0. The van der Waals surface area contributed by atoms with E-state index in [0.29, 0.717) is 22.9 Å². The van der Waals surface area contributed by atoms with E-state index in [2.05, 4.69) is 5.16 Å². The van der Waals surface area contributed by atoms with Crippen LogP contribution in [0.15, 0.2) is 34.9 Å². The summed E-state index contributed by atoms with van der Waals surface area (Å²) in [6.07, 6.45) is 2.46. The van der Waals surface area contributed by atoms with E-state index < -0.39 is 0 Å². The second-order valence-corrected chi connectivity index (χ2v) is 5.46. The molecule has 3 rings (SSSR count). The summed E-state index contributed by atoms with van der Waals surface area (Å²) < 4.78 is 5.24. The molecule has 0 atom stereocenters. The van der Waals surface area contributed by atoms with Gasteiger partial charge in [0, 0.05) is 19.2 Å². The van der Waals surface area contributed by atoms with Crippen molar-refractivity contribution in [1.82, 2.24) is 10.1 Å². The van der Waals surface area contributed by atoms with Crippen LogP contribution in [0.4, 0.5) is 0 Å². The molecule has 1 fully saturated rings. The lowest BCUT2D eigenvalue weighted by atomic mass is 10.1. The van der Waals surface area contributed by atoms with E-state index in [1.165, 1.54) is 12.8 Å². The number of nitrogens with zero attached hydrogens (tertiary/aromatic N) is 2. The lowest BCUT2D eigenvalue weighted by Crippen LogP contribution is -2.29. The first-order chi connectivity index (χ1) is 9.66. The lowest BCUT2D eigenvalue weighted by molar-refractivity contribution is 0.0787. The van der Waals surface area contributed by atoms with Gasteiger partial charge < -0.3 is 9.42 Å². The van der Waals surface area contributed by atoms with Crippen LogP contribution in [0.5, 0.6) is 0 Å². The van der Waals surface area contributed by atoms with Gasteiger partial charge in [-0.3, -0.25) is 4.79 Å². The molecule has 20 heavy (non-hydrogen) atoms. The first-order valence-electron chi connectivity index (χ1n) is 6.94. The number of aromatic nitrogens is 1. The summed E-state index contributed by atoms with van der Waals surface area (Å²) in [6.45, 7) is 2.61. The number of aryl methyl sites for hydroxylation is 1. The molecule has 1 aliphatic rings. The molecule has 4 nitrogen and oxygen atoms in total. The monoisotopic (exact) mass is 270 g/mol. The van der Waals surface area contributed by atoms with Gasteiger partial charge in [0.1, 0.15) is 17.0 Å². The molecule has 1 amide bonds. The average molecular weight is 270 g/mol. The Morgan fingerprint density at radius 1 is 1.35 bits per heavy atom. The highest BCUT2D eigenvalue weighted by Crippen LogP contribution is 2.31. The molecule has 1 aliphatic carbocycles. The Bertz CT molecular complexity index is 615. The van der Waals surface area contributed by atoms with E-state index in [9.17, 15) is 4.79 Å². The second kappa shape index (κ2) is 5.12. The maximum Gasteiger partial charge on any atom is 0.259 e. The quantitative estimate of drug-likeness (QED) is 0.857. The van der Waals surface area contributed by atoms with Crippen LogP contribution in [0, 0.1) is 12.8 Å². The molecule has 1 aromatic carbocycles. The summed E-state index contributed by atoms with van der Waals surface area (Å²) in [4.78, 5) is 14.4. The molecule has 104 valence electrons. The van der Waals surface area contributed by atoms with Gasteiger partial charge in [-0.15, -0.1) is 0 Å². The highest BCUT2D eigenvalue weighted by molar-refractivity contribution is 6.00. The zero-order valence-corrected chi connectivity index (χ0v) is 11.8. The van der Waals surface area contributed by atoms with Crippen LogP contribution in [0.1, 0.15) is 29.0 Å². The van der Waals surface area contributed by atoms with Crippen molar-refractivity contribution in [2.24, 2.45) is 5.92 Å². The predicted octanol–water partition coefficient (Wildman–Crippen LogP) is 3.13. The third-order valence-corrected chi connectivity index (χ3v) is 3.70. The molecule has 1 saturated carbocycles. The normalized spacial score (nSPS) is 14.3. The van der Waals surface area contributed by atoms with Crippen molar-refractivity contribution in [1.29, 1.82) is 0 Å². The molecular weight excluding hydrogens is 252 g/mol. The first kappa shape index (κ1) is 12.9. The van der Waals surface area contributed by atoms with Gasteiger partial charge >= 0.3 is 0 Å². The van der Waals surface area contributed by atoms with E-state index in [1.807, 2.05) is 37.4 Å². The predicted molar refractivity (Wildman–Crippen MR) is 76.4 cm³/mol. The Hall–Kier alpha value is -2.10. The SMILES string of the molecule is Cc1onc(-c2ccccc2)c1C(=O)N(C)CC1CC1. The van der Waals surface area contributed by atoms with Crippen LogP contribution in [0.3, 0.4) is 0 Å². The first-order valence-corrected chi connectivity index (χ1v) is 6.94. The van der Waals surface area contributed by atoms with E-state index in [4.69, 9.17) is 4.52 Å². The van der Waals surface area contributed by atoms with Gasteiger partial charge in [-0.2, -0.15) is 0 Å². The number of carbonyl (C=O) groups excluding carboxylic acids is 1. The Balaban J connectivity index is 1.92. The van der Waals surface area contributed by atoms with Crippen molar-refractivity contribution in [2.45, 2.75) is 19.8 Å². The van der Waals surface area contributed by atoms with Gasteiger partial charge in [-0.05, 0) is 25.7 Å². The molecule has 2 aromatic rings. The smallest absolute Gasteiger partial charge is 0.259 e. The van der Waals surface area contributed by atoms with Crippen molar-refractivity contribution < 1.29 is 9.32 Å². The Morgan fingerprint density at radius 3 is 2.70 bits per heavy atom. The van der Waals surface area contributed by atoms with Gasteiger partial charge in [-0.1, -0.05) is 35.5 Å². The molecule has 0 bridgehead atoms. The maximum atomic E-state index is 12.6. The van der Waals surface area contributed by atoms with E-state index in [-0.39, 0.29) is 5.91 Å². The molecular formula is C16H18N2O2. The Morgan fingerprint density at radius 2 is 2.05 bits per heavy atom. The molecule has 0 saturated heterocycles. The molecule has 0 radical (unpaired) electrons. The van der Waals surface area contributed by atoms with Gasteiger partial charge in [0.2, 0.25) is 0 Å². The summed E-state index contributed by atoms with van der Waals surface area (Å²) >= 11 is 0. The van der Waals surface area contributed by atoms with Gasteiger partial charge in [0.25, 0.3) is 5.91 Å². The minimum atomic E-state index is -0.00509. The van der Waals surface area contributed by atoms with Crippen molar-refractivity contribution in [3.63, 3.8) is 0 Å². The number of rotatable bonds is 4. The Labute approximate surface area is 118 Å². The fourth-order valence-electron chi connectivity index (χ4n) is 2.38. The van der Waals surface area contributed by atoms with Crippen LogP contribution >= 0.6 is 0 Å². The average Bonchev–Trinajstić information content (AvgIpc) is 3.19. The van der Waals surface area contributed by atoms with E-state index >= 15 is 0 Å². The van der Waals surface area contributed by atoms with E-state index in [1.54, 1.807) is 11.8 Å². The zero-order chi connectivity index (χ0) is 14.1. The summed E-state index contributed by atoms with van der Waals surface area (Å²) in [6, 6.07) is 9.68. The van der Waals surface area contributed by atoms with Crippen molar-refractivity contribution in [3.8, 4) is 11.3 Å². The van der Waals surface area contributed by atoms with Crippen molar-refractivity contribution >= 4 is 5.91 Å². The standard InChI is InChI=1S/C16H18N2O2/c1-11-14(16(19)18(2)10-12-8-9-12)15(17-20-11)13-6-4-3-5-7-13/h3-7,12H,8-10H2,1-2H3. The fraction of sp³-hybridized carbons (Fsp3) is 0.375. The highest BCUT2D eigenvalue weighted by atomic mass is 16.5. The minimum Gasteiger partial charge on any atom is -0.360 e. The third-order valence-electron chi connectivity index (χ3n) is 3.70. The van der Waals surface area contributed by atoms with Crippen LogP contribution in [0.25, 0.3) is 11.3 Å². The fourth-order valence-corrected chi connectivity index (χ4v) is 2.38. The largest absolute Gasteiger partial charge is 0.360 e. The number of benzene rings is 1. The molecule has 4 heteroatoms. The number of hydrogen-bond acceptors (Lipinski definition) is 3. The molecule has 0 spiro atoms. The number of carbonyl (C=O) groups is 1. The van der Waals surface area contributed by atoms with Gasteiger partial charge in [-0.25, -0.2) is 0 Å². The lowest BCUT2D eigenvalue weighted by Gasteiger charge is -2.16. The minimum absolute atomic E-state index is 0.00509. The van der Waals surface area contributed by atoms with Crippen molar-refractivity contribution in [3.05, 3.63) is 41.7 Å². The van der Waals surface area contributed by atoms with Crippen molar-refractivity contribution in [2.75, 3.05) is 13.6 Å². The molecule has 1 heterocycles. The maximum absolute atomic E-state index is 12.6. The van der Waals surface area contributed by atoms with Gasteiger partial charge in [0.15, 0.2) is 0 Å². The Kier molecular flexibility index (Phi) is 3.30. The summed E-state index contributed by atoms with van der Waals surface area (Å²) in [5.41, 5.74) is 2.13. The number of amides is 1. The molecule has 1 aromatic heterocycles. The van der Waals surface area contributed by atoms with Crippen LogP contribution < -0.4 is 0 Å². The van der Waals surface area contributed by atoms with Gasteiger partial charge in [0.05, 0.1) is 0 Å². The van der Waals surface area contributed by atoms with E-state index in [0.717, 1.165) is 12.1 Å². The topological polar surface area (TPSA) is 46.3 Å². The summed E-state index contributed by atoms with van der Waals surface area (Å²) in [7, 11) is 1.85. The molecule has 0 N–H and O–H groups in total. The molecule has 0 unspecified atom stereocenters. The summed E-state index contributed by atoms with van der Waals surface area (Å²) in [5.74, 6) is 1.25. The van der Waals surface area contributed by atoms with Crippen LogP contribution in [-0.4, -0.2) is 29.6 Å². The van der Waals surface area contributed by atoms with Crippen LogP contribution in [0.2, 0.25) is 0 Å². The second-order valence-electron chi connectivity index (χ2n) is 5.46.